The van der Waals surface area contributed by atoms with E-state index in [1.807, 2.05) is 40.9 Å². The van der Waals surface area contributed by atoms with Crippen LogP contribution in [0.3, 0.4) is 0 Å². The van der Waals surface area contributed by atoms with Crippen LogP contribution in [0.25, 0.3) is 5.65 Å². The molecular formula is C15H16N4O. The van der Waals surface area contributed by atoms with Gasteiger partial charge in [-0.1, -0.05) is 18.2 Å². The fraction of sp³-hybridized carbons (Fsp3) is 0.200. The van der Waals surface area contributed by atoms with Gasteiger partial charge >= 0.3 is 0 Å². The Hall–Kier alpha value is -2.40. The Morgan fingerprint density at radius 1 is 1.10 bits per heavy atom. The van der Waals surface area contributed by atoms with Crippen molar-refractivity contribution < 1.29 is 5.11 Å². The molecule has 0 amide bonds. The summed E-state index contributed by atoms with van der Waals surface area (Å²) in [5, 5.41) is 21.0. The Morgan fingerprint density at radius 3 is 2.95 bits per heavy atom. The first kappa shape index (κ1) is 12.6. The Morgan fingerprint density at radius 2 is 2.05 bits per heavy atom. The van der Waals surface area contributed by atoms with Gasteiger partial charge in [0.05, 0.1) is 0 Å². The molecule has 0 saturated heterocycles. The van der Waals surface area contributed by atoms with Crippen molar-refractivity contribution in [2.45, 2.75) is 13.0 Å². The number of aromatic hydroxyl groups is 1. The third-order valence-corrected chi connectivity index (χ3v) is 3.15. The highest BCUT2D eigenvalue weighted by Gasteiger charge is 2.03. The minimum atomic E-state index is 0.299. The first-order valence-corrected chi connectivity index (χ1v) is 6.60. The first-order chi connectivity index (χ1) is 9.83. The van der Waals surface area contributed by atoms with E-state index in [0.29, 0.717) is 5.75 Å². The minimum absolute atomic E-state index is 0.299. The van der Waals surface area contributed by atoms with Gasteiger partial charge in [-0.15, -0.1) is 10.2 Å². The molecule has 0 radical (unpaired) electrons. The largest absolute Gasteiger partial charge is 0.508 e. The zero-order valence-electron chi connectivity index (χ0n) is 11.0. The summed E-state index contributed by atoms with van der Waals surface area (Å²) in [7, 11) is 0. The molecule has 3 aromatic rings. The third-order valence-electron chi connectivity index (χ3n) is 3.15. The number of phenols is 1. The van der Waals surface area contributed by atoms with E-state index in [4.69, 9.17) is 0 Å². The van der Waals surface area contributed by atoms with Gasteiger partial charge in [-0.25, -0.2) is 0 Å². The van der Waals surface area contributed by atoms with Crippen LogP contribution < -0.4 is 5.32 Å². The third kappa shape index (κ3) is 2.78. The van der Waals surface area contributed by atoms with E-state index in [-0.39, 0.29) is 0 Å². The highest BCUT2D eigenvalue weighted by atomic mass is 16.3. The molecule has 0 spiro atoms. The number of nitrogens with one attached hydrogen (secondary N) is 1. The number of hydrogen-bond donors (Lipinski definition) is 2. The van der Waals surface area contributed by atoms with E-state index in [9.17, 15) is 5.11 Å². The first-order valence-electron chi connectivity index (χ1n) is 6.60. The standard InChI is InChI=1S/C15H16N4O/c20-13-5-3-4-12(10-13)11-16-8-7-15-18-17-14-6-1-2-9-19(14)15/h1-6,9-10,16,20H,7-8,11H2. The molecule has 2 heterocycles. The highest BCUT2D eigenvalue weighted by molar-refractivity contribution is 5.37. The van der Waals surface area contributed by atoms with Gasteiger partial charge in [0.2, 0.25) is 0 Å². The molecule has 5 nitrogen and oxygen atoms in total. The molecule has 2 aromatic heterocycles. The Bertz CT molecular complexity index is 708. The monoisotopic (exact) mass is 268 g/mol. The molecular weight excluding hydrogens is 252 g/mol. The van der Waals surface area contributed by atoms with Gasteiger partial charge in [0.15, 0.2) is 5.65 Å². The predicted octanol–water partition coefficient (Wildman–Crippen LogP) is 1.77. The zero-order valence-corrected chi connectivity index (χ0v) is 11.0. The van der Waals surface area contributed by atoms with Crippen molar-refractivity contribution in [2.24, 2.45) is 0 Å². The average Bonchev–Trinajstić information content (AvgIpc) is 2.87. The molecule has 1 aromatic carbocycles. The zero-order chi connectivity index (χ0) is 13.8. The lowest BCUT2D eigenvalue weighted by atomic mass is 10.2. The van der Waals surface area contributed by atoms with Crippen LogP contribution in [0, 0.1) is 0 Å². The van der Waals surface area contributed by atoms with Crippen molar-refractivity contribution in [1.29, 1.82) is 0 Å². The molecule has 20 heavy (non-hydrogen) atoms. The maximum absolute atomic E-state index is 9.39. The van der Waals surface area contributed by atoms with E-state index in [0.717, 1.165) is 36.5 Å². The van der Waals surface area contributed by atoms with Gasteiger partial charge in [0.25, 0.3) is 0 Å². The second-order valence-electron chi connectivity index (χ2n) is 4.64. The van der Waals surface area contributed by atoms with Gasteiger partial charge in [0.1, 0.15) is 11.6 Å². The number of phenolic OH excluding ortho intramolecular Hbond substituents is 1. The molecule has 5 heteroatoms. The van der Waals surface area contributed by atoms with Crippen molar-refractivity contribution in [3.8, 4) is 5.75 Å². The number of rotatable bonds is 5. The summed E-state index contributed by atoms with van der Waals surface area (Å²) in [5.74, 6) is 1.25. The second kappa shape index (κ2) is 5.71. The summed E-state index contributed by atoms with van der Waals surface area (Å²) in [5.41, 5.74) is 1.94. The van der Waals surface area contributed by atoms with Gasteiger partial charge in [-0.3, -0.25) is 4.40 Å². The number of nitrogens with zero attached hydrogens (tertiary/aromatic N) is 3. The van der Waals surface area contributed by atoms with E-state index < -0.39 is 0 Å². The topological polar surface area (TPSA) is 62.5 Å². The van der Waals surface area contributed by atoms with Gasteiger partial charge < -0.3 is 10.4 Å². The summed E-state index contributed by atoms with van der Waals surface area (Å²) in [6.07, 6.45) is 2.78. The van der Waals surface area contributed by atoms with Crippen LogP contribution in [0.15, 0.2) is 48.7 Å². The maximum atomic E-state index is 9.39. The summed E-state index contributed by atoms with van der Waals surface area (Å²) in [4.78, 5) is 0. The molecule has 0 fully saturated rings. The number of aromatic nitrogens is 3. The molecule has 0 unspecified atom stereocenters. The number of pyridine rings is 1. The second-order valence-corrected chi connectivity index (χ2v) is 4.64. The summed E-state index contributed by atoms with van der Waals surface area (Å²) in [6, 6.07) is 13.1. The van der Waals surface area contributed by atoms with Gasteiger partial charge in [-0.2, -0.15) is 0 Å². The molecule has 0 aliphatic carbocycles. The molecule has 0 atom stereocenters. The van der Waals surface area contributed by atoms with E-state index in [2.05, 4.69) is 15.5 Å². The van der Waals surface area contributed by atoms with E-state index in [1.165, 1.54) is 0 Å². The average molecular weight is 268 g/mol. The summed E-state index contributed by atoms with van der Waals surface area (Å²) < 4.78 is 2.00. The van der Waals surface area contributed by atoms with Crippen molar-refractivity contribution in [3.63, 3.8) is 0 Å². The van der Waals surface area contributed by atoms with Crippen LogP contribution in [0.4, 0.5) is 0 Å². The minimum Gasteiger partial charge on any atom is -0.508 e. The number of benzene rings is 1. The number of hydrogen-bond acceptors (Lipinski definition) is 4. The maximum Gasteiger partial charge on any atom is 0.160 e. The smallest absolute Gasteiger partial charge is 0.160 e. The lowest BCUT2D eigenvalue weighted by Crippen LogP contribution is -2.17. The van der Waals surface area contributed by atoms with Gasteiger partial charge in [0, 0.05) is 25.7 Å². The summed E-state index contributed by atoms with van der Waals surface area (Å²) >= 11 is 0. The highest BCUT2D eigenvalue weighted by Crippen LogP contribution is 2.10. The number of fused-ring (bicyclic) bond motifs is 1. The fourth-order valence-electron chi connectivity index (χ4n) is 2.16. The van der Waals surface area contributed by atoms with Crippen LogP contribution in [0.2, 0.25) is 0 Å². The van der Waals surface area contributed by atoms with E-state index >= 15 is 0 Å². The molecule has 3 rings (SSSR count). The van der Waals surface area contributed by atoms with Crippen LogP contribution in [0.1, 0.15) is 11.4 Å². The van der Waals surface area contributed by atoms with E-state index in [1.54, 1.807) is 12.1 Å². The van der Waals surface area contributed by atoms with Gasteiger partial charge in [-0.05, 0) is 29.8 Å². The molecule has 2 N–H and O–H groups in total. The predicted molar refractivity (Wildman–Crippen MR) is 76.5 cm³/mol. The molecule has 0 bridgehead atoms. The summed E-state index contributed by atoms with van der Waals surface area (Å²) in [6.45, 7) is 1.54. The molecule has 0 saturated carbocycles. The SMILES string of the molecule is Oc1cccc(CNCCc2nnc3ccccn23)c1. The normalized spacial score (nSPS) is 11.0. The molecule has 102 valence electrons. The quantitative estimate of drug-likeness (QED) is 0.692. The fourth-order valence-corrected chi connectivity index (χ4v) is 2.16. The van der Waals surface area contributed by atoms with Crippen molar-refractivity contribution in [1.82, 2.24) is 19.9 Å². The van der Waals surface area contributed by atoms with Crippen molar-refractivity contribution >= 4 is 5.65 Å². The molecule has 0 aliphatic rings. The van der Waals surface area contributed by atoms with Crippen LogP contribution in [0.5, 0.6) is 5.75 Å². The van der Waals surface area contributed by atoms with Crippen LogP contribution in [-0.4, -0.2) is 26.2 Å². The van der Waals surface area contributed by atoms with Crippen LogP contribution in [-0.2, 0) is 13.0 Å². The Balaban J connectivity index is 1.55. The van der Waals surface area contributed by atoms with Crippen molar-refractivity contribution in [3.05, 3.63) is 60.0 Å². The Kier molecular flexibility index (Phi) is 3.60. The lowest BCUT2D eigenvalue weighted by molar-refractivity contribution is 0.474. The molecule has 0 aliphatic heterocycles. The van der Waals surface area contributed by atoms with Crippen molar-refractivity contribution in [2.75, 3.05) is 6.54 Å². The lowest BCUT2D eigenvalue weighted by Gasteiger charge is -2.04. The Labute approximate surface area is 116 Å². The van der Waals surface area contributed by atoms with Crippen LogP contribution >= 0.6 is 0 Å².